The van der Waals surface area contributed by atoms with Gasteiger partial charge in [0, 0.05) is 31.0 Å². The summed E-state index contributed by atoms with van der Waals surface area (Å²) in [7, 11) is 0. The van der Waals surface area contributed by atoms with E-state index in [1.807, 2.05) is 24.8 Å². The molecule has 1 saturated heterocycles. The molecule has 1 aromatic carbocycles. The van der Waals surface area contributed by atoms with Gasteiger partial charge in [-0.25, -0.2) is 9.97 Å². The molecule has 3 aromatic rings. The number of hydrogen-bond acceptors (Lipinski definition) is 4. The van der Waals surface area contributed by atoms with E-state index in [0.717, 1.165) is 36.6 Å². The Morgan fingerprint density at radius 3 is 2.72 bits per heavy atom. The zero-order valence-electron chi connectivity index (χ0n) is 17.7. The number of nitrogens with zero attached hydrogens (tertiary/aromatic N) is 5. The van der Waals surface area contributed by atoms with Crippen LogP contribution < -0.4 is 0 Å². The van der Waals surface area contributed by atoms with Crippen molar-refractivity contribution in [3.63, 3.8) is 0 Å². The summed E-state index contributed by atoms with van der Waals surface area (Å²) in [5.74, 6) is 3.11. The average molecular weight is 395 g/mol. The first-order chi connectivity index (χ1) is 13.9. The summed E-state index contributed by atoms with van der Waals surface area (Å²) in [6, 6.07) is 8.62. The lowest BCUT2D eigenvalue weighted by atomic mass is 9.96. The summed E-state index contributed by atoms with van der Waals surface area (Å²) < 4.78 is 2.33. The molecule has 0 spiro atoms. The monoisotopic (exact) mass is 394 g/mol. The van der Waals surface area contributed by atoms with Crippen LogP contribution in [-0.2, 0) is 11.2 Å². The third-order valence-corrected chi connectivity index (χ3v) is 5.66. The molecule has 1 fully saturated rings. The number of benzene rings is 1. The van der Waals surface area contributed by atoms with Crippen molar-refractivity contribution in [3.8, 4) is 0 Å². The van der Waals surface area contributed by atoms with Gasteiger partial charge in [0.15, 0.2) is 5.82 Å². The zero-order valence-corrected chi connectivity index (χ0v) is 17.7. The number of carbonyl (C=O) groups excluding carboxylic acids is 1. The fourth-order valence-corrected chi connectivity index (χ4v) is 4.21. The molecule has 0 bridgehead atoms. The minimum absolute atomic E-state index is 0.105. The number of rotatable bonds is 5. The van der Waals surface area contributed by atoms with Crippen LogP contribution in [0.4, 0.5) is 0 Å². The Labute approximate surface area is 171 Å². The highest BCUT2D eigenvalue weighted by molar-refractivity contribution is 5.78. The number of hydrogen-bond donors (Lipinski definition) is 1. The highest BCUT2D eigenvalue weighted by atomic mass is 16.2. The topological polar surface area (TPSA) is 79.7 Å². The SMILES string of the molecule is CC(C)c1n[nH]c(CC(=O)N2CCC[C@@H](c3nc4ccccc4n3C(C)C)C2)n1. The van der Waals surface area contributed by atoms with E-state index in [1.54, 1.807) is 0 Å². The molecule has 0 saturated carbocycles. The molecule has 1 aliphatic rings. The van der Waals surface area contributed by atoms with E-state index in [4.69, 9.17) is 4.98 Å². The number of carbonyl (C=O) groups is 1. The molecule has 0 unspecified atom stereocenters. The van der Waals surface area contributed by atoms with Crippen LogP contribution in [0.1, 0.15) is 75.9 Å². The second kappa shape index (κ2) is 7.97. The lowest BCUT2D eigenvalue weighted by molar-refractivity contribution is -0.131. The van der Waals surface area contributed by atoms with Crippen LogP contribution in [0.3, 0.4) is 0 Å². The second-order valence-corrected chi connectivity index (χ2v) is 8.57. The van der Waals surface area contributed by atoms with E-state index in [0.29, 0.717) is 18.4 Å². The van der Waals surface area contributed by atoms with E-state index in [9.17, 15) is 4.79 Å². The molecular weight excluding hydrogens is 364 g/mol. The minimum atomic E-state index is 0.105. The van der Waals surface area contributed by atoms with Crippen LogP contribution in [0.25, 0.3) is 11.0 Å². The molecular formula is C22H30N6O. The number of piperidine rings is 1. The van der Waals surface area contributed by atoms with Crippen LogP contribution in [0.5, 0.6) is 0 Å². The van der Waals surface area contributed by atoms with Gasteiger partial charge < -0.3 is 9.47 Å². The maximum atomic E-state index is 12.9. The van der Waals surface area contributed by atoms with E-state index < -0.39 is 0 Å². The van der Waals surface area contributed by atoms with Crippen molar-refractivity contribution in [2.45, 2.75) is 64.8 Å². The van der Waals surface area contributed by atoms with Gasteiger partial charge in [-0.15, -0.1) is 0 Å². The zero-order chi connectivity index (χ0) is 20.5. The van der Waals surface area contributed by atoms with Crippen molar-refractivity contribution in [1.29, 1.82) is 0 Å². The normalized spacial score (nSPS) is 17.6. The van der Waals surface area contributed by atoms with Gasteiger partial charge in [0.1, 0.15) is 11.6 Å². The van der Waals surface area contributed by atoms with Gasteiger partial charge in [0.25, 0.3) is 0 Å². The first kappa shape index (κ1) is 19.6. The summed E-state index contributed by atoms with van der Waals surface area (Å²) in [5.41, 5.74) is 2.20. The summed E-state index contributed by atoms with van der Waals surface area (Å²) in [6.07, 6.45) is 2.32. The summed E-state index contributed by atoms with van der Waals surface area (Å²) in [5, 5.41) is 7.13. The van der Waals surface area contributed by atoms with Gasteiger partial charge in [-0.1, -0.05) is 26.0 Å². The molecule has 4 rings (SSSR count). The van der Waals surface area contributed by atoms with E-state index in [-0.39, 0.29) is 24.2 Å². The van der Waals surface area contributed by atoms with Gasteiger partial charge >= 0.3 is 0 Å². The van der Waals surface area contributed by atoms with Crippen LogP contribution in [0, 0.1) is 0 Å². The highest BCUT2D eigenvalue weighted by Crippen LogP contribution is 2.31. The van der Waals surface area contributed by atoms with Crippen molar-refractivity contribution in [1.82, 2.24) is 29.6 Å². The molecule has 7 nitrogen and oxygen atoms in total. The Bertz CT molecular complexity index is 1000. The Balaban J connectivity index is 1.53. The number of imidazole rings is 1. The van der Waals surface area contributed by atoms with E-state index >= 15 is 0 Å². The number of H-pyrrole nitrogens is 1. The third-order valence-electron chi connectivity index (χ3n) is 5.66. The molecule has 154 valence electrons. The number of likely N-dealkylation sites (tertiary alicyclic amines) is 1. The Morgan fingerprint density at radius 1 is 1.21 bits per heavy atom. The Morgan fingerprint density at radius 2 is 2.00 bits per heavy atom. The van der Waals surface area contributed by atoms with Gasteiger partial charge in [-0.2, -0.15) is 5.10 Å². The van der Waals surface area contributed by atoms with Crippen LogP contribution in [0.15, 0.2) is 24.3 Å². The Hall–Kier alpha value is -2.70. The lowest BCUT2D eigenvalue weighted by Gasteiger charge is -2.33. The second-order valence-electron chi connectivity index (χ2n) is 8.57. The molecule has 0 radical (unpaired) electrons. The van der Waals surface area contributed by atoms with E-state index in [1.165, 1.54) is 5.52 Å². The Kier molecular flexibility index (Phi) is 5.39. The van der Waals surface area contributed by atoms with E-state index in [2.05, 4.69) is 51.8 Å². The lowest BCUT2D eigenvalue weighted by Crippen LogP contribution is -2.40. The predicted octanol–water partition coefficient (Wildman–Crippen LogP) is 3.81. The third kappa shape index (κ3) is 3.91. The first-order valence-corrected chi connectivity index (χ1v) is 10.6. The molecule has 1 aliphatic heterocycles. The molecule has 1 N–H and O–H groups in total. The number of aromatic amines is 1. The van der Waals surface area contributed by atoms with Crippen molar-refractivity contribution >= 4 is 16.9 Å². The van der Waals surface area contributed by atoms with Crippen LogP contribution in [-0.4, -0.2) is 48.6 Å². The van der Waals surface area contributed by atoms with Crippen molar-refractivity contribution in [2.75, 3.05) is 13.1 Å². The first-order valence-electron chi connectivity index (χ1n) is 10.6. The molecule has 1 amide bonds. The van der Waals surface area contributed by atoms with Gasteiger partial charge in [-0.3, -0.25) is 9.89 Å². The minimum Gasteiger partial charge on any atom is -0.342 e. The number of amides is 1. The fraction of sp³-hybridized carbons (Fsp3) is 0.545. The average Bonchev–Trinajstić information content (AvgIpc) is 3.32. The standard InChI is InChI=1S/C22H30N6O/c1-14(2)21-24-19(25-26-21)12-20(29)27-11-7-8-16(13-27)22-23-17-9-5-6-10-18(17)28(22)15(3)4/h5-6,9-10,14-16H,7-8,11-13H2,1-4H3,(H,24,25,26)/t16-/m1/s1. The molecule has 7 heteroatoms. The molecule has 0 aliphatic carbocycles. The van der Waals surface area contributed by atoms with Gasteiger partial charge in [0.2, 0.25) is 5.91 Å². The largest absolute Gasteiger partial charge is 0.342 e. The fourth-order valence-electron chi connectivity index (χ4n) is 4.21. The van der Waals surface area contributed by atoms with Crippen LogP contribution >= 0.6 is 0 Å². The maximum absolute atomic E-state index is 12.9. The van der Waals surface area contributed by atoms with Gasteiger partial charge in [-0.05, 0) is 38.8 Å². The highest BCUT2D eigenvalue weighted by Gasteiger charge is 2.29. The van der Waals surface area contributed by atoms with Gasteiger partial charge in [0.05, 0.1) is 17.5 Å². The predicted molar refractivity (Wildman–Crippen MR) is 113 cm³/mol. The maximum Gasteiger partial charge on any atom is 0.230 e. The number of nitrogens with one attached hydrogen (secondary N) is 1. The molecule has 29 heavy (non-hydrogen) atoms. The molecule has 2 aromatic heterocycles. The van der Waals surface area contributed by atoms with Crippen LogP contribution in [0.2, 0.25) is 0 Å². The summed E-state index contributed by atoms with van der Waals surface area (Å²) in [6.45, 7) is 9.98. The number of para-hydroxylation sites is 2. The quantitative estimate of drug-likeness (QED) is 0.714. The summed E-state index contributed by atoms with van der Waals surface area (Å²) >= 11 is 0. The number of fused-ring (bicyclic) bond motifs is 1. The molecule has 1 atom stereocenters. The van der Waals surface area contributed by atoms with Crippen molar-refractivity contribution in [2.24, 2.45) is 0 Å². The van der Waals surface area contributed by atoms with Crippen molar-refractivity contribution in [3.05, 3.63) is 41.7 Å². The summed E-state index contributed by atoms with van der Waals surface area (Å²) in [4.78, 5) is 24.3. The van der Waals surface area contributed by atoms with Crippen molar-refractivity contribution < 1.29 is 4.79 Å². The smallest absolute Gasteiger partial charge is 0.230 e. The molecule has 3 heterocycles. The number of aromatic nitrogens is 5.